The standard InChI is InChI=1S/C19H26N6O5/c1-12(24-16(27)11-23-18(29)14-9-20-7-8-21-14)17(28)22-10-15(26)19(30)25-13-5-3-2-4-6-13/h7-9,12-13H,2-6,10-11H2,1H3,(H,22,28)(H,23,29)(H,24,27)(H,25,30)/t12-/m0/s1. The number of hydrogen-bond donors (Lipinski definition) is 4. The van der Waals surface area contributed by atoms with E-state index in [-0.39, 0.29) is 18.3 Å². The minimum Gasteiger partial charge on any atom is -0.347 e. The van der Waals surface area contributed by atoms with Gasteiger partial charge in [0.05, 0.1) is 19.3 Å². The molecule has 0 bridgehead atoms. The quantitative estimate of drug-likeness (QED) is 0.368. The molecule has 162 valence electrons. The van der Waals surface area contributed by atoms with Crippen LogP contribution < -0.4 is 21.3 Å². The second-order valence-corrected chi connectivity index (χ2v) is 7.01. The third kappa shape index (κ3) is 7.57. The zero-order valence-corrected chi connectivity index (χ0v) is 16.8. The summed E-state index contributed by atoms with van der Waals surface area (Å²) in [6.07, 6.45) is 8.88. The van der Waals surface area contributed by atoms with Crippen molar-refractivity contribution in [2.45, 2.75) is 51.1 Å². The highest BCUT2D eigenvalue weighted by Gasteiger charge is 2.22. The molecule has 1 aliphatic carbocycles. The molecule has 1 saturated carbocycles. The lowest BCUT2D eigenvalue weighted by atomic mass is 9.95. The van der Waals surface area contributed by atoms with E-state index in [2.05, 4.69) is 31.2 Å². The van der Waals surface area contributed by atoms with Crippen LogP contribution >= 0.6 is 0 Å². The summed E-state index contributed by atoms with van der Waals surface area (Å²) in [5.41, 5.74) is 0.0566. The average Bonchev–Trinajstić information content (AvgIpc) is 2.76. The van der Waals surface area contributed by atoms with Gasteiger partial charge < -0.3 is 21.3 Å². The Hall–Kier alpha value is -3.37. The number of nitrogens with one attached hydrogen (secondary N) is 4. The summed E-state index contributed by atoms with van der Waals surface area (Å²) >= 11 is 0. The Bertz CT molecular complexity index is 779. The first-order valence-electron chi connectivity index (χ1n) is 9.81. The van der Waals surface area contributed by atoms with E-state index in [0.717, 1.165) is 32.1 Å². The zero-order valence-electron chi connectivity index (χ0n) is 16.8. The maximum Gasteiger partial charge on any atom is 0.289 e. The number of carbonyl (C=O) groups excluding carboxylic acids is 5. The van der Waals surface area contributed by atoms with Gasteiger partial charge in [0, 0.05) is 18.4 Å². The van der Waals surface area contributed by atoms with Crippen molar-refractivity contribution in [1.82, 2.24) is 31.2 Å². The van der Waals surface area contributed by atoms with E-state index >= 15 is 0 Å². The molecule has 0 unspecified atom stereocenters. The van der Waals surface area contributed by atoms with E-state index in [1.54, 1.807) is 0 Å². The van der Waals surface area contributed by atoms with Crippen LogP contribution in [-0.4, -0.2) is 64.6 Å². The minimum absolute atomic E-state index is 0.00110. The topological polar surface area (TPSA) is 159 Å². The summed E-state index contributed by atoms with van der Waals surface area (Å²) in [5.74, 6) is -3.27. The fourth-order valence-electron chi connectivity index (χ4n) is 2.94. The molecule has 1 fully saturated rings. The predicted octanol–water partition coefficient (Wildman–Crippen LogP) is -1.15. The van der Waals surface area contributed by atoms with Gasteiger partial charge in [-0.2, -0.15) is 0 Å². The number of nitrogens with zero attached hydrogens (tertiary/aromatic N) is 2. The Morgan fingerprint density at radius 2 is 1.77 bits per heavy atom. The minimum atomic E-state index is -0.958. The smallest absolute Gasteiger partial charge is 0.289 e. The predicted molar refractivity (Wildman–Crippen MR) is 105 cm³/mol. The summed E-state index contributed by atoms with van der Waals surface area (Å²) < 4.78 is 0. The van der Waals surface area contributed by atoms with Gasteiger partial charge in [-0.1, -0.05) is 19.3 Å². The Labute approximate surface area is 173 Å². The zero-order chi connectivity index (χ0) is 21.9. The number of aromatic nitrogens is 2. The maximum absolute atomic E-state index is 12.0. The highest BCUT2D eigenvalue weighted by atomic mass is 16.2. The summed E-state index contributed by atoms with van der Waals surface area (Å²) in [5, 5.41) is 9.76. The molecule has 4 N–H and O–H groups in total. The van der Waals surface area contributed by atoms with Crippen molar-refractivity contribution in [3.05, 3.63) is 24.3 Å². The van der Waals surface area contributed by atoms with Gasteiger partial charge in [0.1, 0.15) is 11.7 Å². The van der Waals surface area contributed by atoms with E-state index in [4.69, 9.17) is 0 Å². The van der Waals surface area contributed by atoms with Gasteiger partial charge >= 0.3 is 0 Å². The Morgan fingerprint density at radius 1 is 1.03 bits per heavy atom. The molecule has 0 aromatic carbocycles. The third-order valence-electron chi connectivity index (χ3n) is 4.59. The third-order valence-corrected chi connectivity index (χ3v) is 4.59. The molecule has 11 heteroatoms. The number of rotatable bonds is 9. The molecule has 2 rings (SSSR count). The van der Waals surface area contributed by atoms with E-state index < -0.39 is 42.0 Å². The van der Waals surface area contributed by atoms with Crippen LogP contribution in [0.3, 0.4) is 0 Å². The van der Waals surface area contributed by atoms with Crippen molar-refractivity contribution in [2.24, 2.45) is 0 Å². The van der Waals surface area contributed by atoms with Crippen LogP contribution in [0.15, 0.2) is 18.6 Å². The van der Waals surface area contributed by atoms with E-state index in [9.17, 15) is 24.0 Å². The van der Waals surface area contributed by atoms with Gasteiger partial charge in [-0.15, -0.1) is 0 Å². The number of amides is 4. The number of hydrogen-bond acceptors (Lipinski definition) is 7. The van der Waals surface area contributed by atoms with E-state index in [0.29, 0.717) is 0 Å². The molecule has 11 nitrogen and oxygen atoms in total. The maximum atomic E-state index is 12.0. The summed E-state index contributed by atoms with van der Waals surface area (Å²) in [6, 6.07) is -0.957. The van der Waals surface area contributed by atoms with Crippen LogP contribution in [0.25, 0.3) is 0 Å². The Kier molecular flexibility index (Phi) is 8.85. The van der Waals surface area contributed by atoms with Crippen LogP contribution in [-0.2, 0) is 19.2 Å². The number of ketones is 1. The lowest BCUT2D eigenvalue weighted by Gasteiger charge is -2.22. The van der Waals surface area contributed by atoms with E-state index in [1.165, 1.54) is 25.5 Å². The van der Waals surface area contributed by atoms with Crippen molar-refractivity contribution >= 4 is 29.4 Å². The molecule has 0 aliphatic heterocycles. The average molecular weight is 418 g/mol. The summed E-state index contributed by atoms with van der Waals surface area (Å²) in [6.45, 7) is 0.598. The molecule has 0 spiro atoms. The molecule has 1 heterocycles. The second kappa shape index (κ2) is 11.6. The number of carbonyl (C=O) groups is 5. The molecular weight excluding hydrogens is 392 g/mol. The monoisotopic (exact) mass is 418 g/mol. The molecule has 1 aromatic heterocycles. The van der Waals surface area contributed by atoms with Gasteiger partial charge in [0.15, 0.2) is 0 Å². The van der Waals surface area contributed by atoms with Gasteiger partial charge in [0.2, 0.25) is 17.6 Å². The van der Waals surface area contributed by atoms with Crippen LogP contribution in [0.4, 0.5) is 0 Å². The lowest BCUT2D eigenvalue weighted by molar-refractivity contribution is -0.138. The number of Topliss-reactive ketones (excluding diaryl/α,β-unsaturated/α-hetero) is 1. The molecular formula is C19H26N6O5. The van der Waals surface area contributed by atoms with Crippen molar-refractivity contribution in [1.29, 1.82) is 0 Å². The fraction of sp³-hybridized carbons (Fsp3) is 0.526. The molecule has 0 saturated heterocycles. The molecule has 1 aromatic rings. The largest absolute Gasteiger partial charge is 0.347 e. The van der Waals surface area contributed by atoms with Crippen molar-refractivity contribution < 1.29 is 24.0 Å². The van der Waals surface area contributed by atoms with Crippen LogP contribution in [0.1, 0.15) is 49.5 Å². The van der Waals surface area contributed by atoms with Crippen molar-refractivity contribution in [3.63, 3.8) is 0 Å². The van der Waals surface area contributed by atoms with Gasteiger partial charge in [-0.25, -0.2) is 4.98 Å². The van der Waals surface area contributed by atoms with Gasteiger partial charge in [-0.05, 0) is 19.8 Å². The normalized spacial score (nSPS) is 14.8. The van der Waals surface area contributed by atoms with E-state index in [1.807, 2.05) is 0 Å². The Morgan fingerprint density at radius 3 is 2.43 bits per heavy atom. The van der Waals surface area contributed by atoms with Crippen LogP contribution in [0.2, 0.25) is 0 Å². The fourth-order valence-corrected chi connectivity index (χ4v) is 2.94. The molecule has 4 amide bonds. The second-order valence-electron chi connectivity index (χ2n) is 7.01. The summed E-state index contributed by atoms with van der Waals surface area (Å²) in [7, 11) is 0. The van der Waals surface area contributed by atoms with Crippen molar-refractivity contribution in [2.75, 3.05) is 13.1 Å². The van der Waals surface area contributed by atoms with Crippen LogP contribution in [0, 0.1) is 0 Å². The van der Waals surface area contributed by atoms with Gasteiger partial charge in [-0.3, -0.25) is 29.0 Å². The van der Waals surface area contributed by atoms with Gasteiger partial charge in [0.25, 0.3) is 11.8 Å². The highest BCUT2D eigenvalue weighted by Crippen LogP contribution is 2.17. The highest BCUT2D eigenvalue weighted by molar-refractivity contribution is 6.37. The first-order chi connectivity index (χ1) is 14.4. The Balaban J connectivity index is 1.66. The SMILES string of the molecule is C[C@H](NC(=O)CNC(=O)c1cnccn1)C(=O)NCC(=O)C(=O)NC1CCCCC1. The molecule has 30 heavy (non-hydrogen) atoms. The first kappa shape index (κ1) is 22.9. The van der Waals surface area contributed by atoms with Crippen LogP contribution in [0.5, 0.6) is 0 Å². The summed E-state index contributed by atoms with van der Waals surface area (Å²) in [4.78, 5) is 67.1. The van der Waals surface area contributed by atoms with Crippen molar-refractivity contribution in [3.8, 4) is 0 Å². The molecule has 0 radical (unpaired) electrons. The molecule has 1 aliphatic rings. The molecule has 1 atom stereocenters. The first-order valence-corrected chi connectivity index (χ1v) is 9.81. The lowest BCUT2D eigenvalue weighted by Crippen LogP contribution is -2.50.